The smallest absolute Gasteiger partial charge is 0.251 e. The molecule has 17 heavy (non-hydrogen) atoms. The van der Waals surface area contributed by atoms with Gasteiger partial charge in [-0.3, -0.25) is 4.79 Å². The van der Waals surface area contributed by atoms with E-state index in [4.69, 9.17) is 5.73 Å². The first-order valence-corrected chi connectivity index (χ1v) is 5.97. The minimum Gasteiger partial charge on any atom is -0.349 e. The molecular formula is C13H17FN2O. The Morgan fingerprint density at radius 2 is 1.76 bits per heavy atom. The fourth-order valence-corrected chi connectivity index (χ4v) is 2.13. The normalized spacial score (nSPS) is 24.4. The van der Waals surface area contributed by atoms with Gasteiger partial charge in [-0.2, -0.15) is 0 Å². The zero-order valence-electron chi connectivity index (χ0n) is 9.66. The van der Waals surface area contributed by atoms with Crippen molar-refractivity contribution >= 4 is 5.91 Å². The molecule has 0 spiro atoms. The van der Waals surface area contributed by atoms with Crippen LogP contribution in [0.2, 0.25) is 0 Å². The summed E-state index contributed by atoms with van der Waals surface area (Å²) < 4.78 is 12.7. The zero-order valence-corrected chi connectivity index (χ0v) is 9.66. The summed E-state index contributed by atoms with van der Waals surface area (Å²) in [5.41, 5.74) is 6.30. The van der Waals surface area contributed by atoms with Crippen molar-refractivity contribution in [1.82, 2.24) is 5.32 Å². The third-order valence-electron chi connectivity index (χ3n) is 3.21. The van der Waals surface area contributed by atoms with Crippen LogP contribution in [-0.2, 0) is 0 Å². The van der Waals surface area contributed by atoms with Gasteiger partial charge in [0.2, 0.25) is 0 Å². The molecule has 1 aromatic rings. The van der Waals surface area contributed by atoms with Gasteiger partial charge in [-0.05, 0) is 49.9 Å². The Morgan fingerprint density at radius 3 is 2.35 bits per heavy atom. The first kappa shape index (κ1) is 12.0. The number of nitrogens with two attached hydrogens (primary N) is 1. The van der Waals surface area contributed by atoms with Crippen molar-refractivity contribution in [2.75, 3.05) is 0 Å². The van der Waals surface area contributed by atoms with Crippen molar-refractivity contribution in [2.45, 2.75) is 37.8 Å². The molecule has 3 N–H and O–H groups in total. The minimum atomic E-state index is -0.329. The van der Waals surface area contributed by atoms with Crippen LogP contribution in [0.15, 0.2) is 24.3 Å². The Kier molecular flexibility index (Phi) is 3.74. The molecule has 0 atom stereocenters. The van der Waals surface area contributed by atoms with Crippen LogP contribution in [0.1, 0.15) is 36.0 Å². The number of carbonyl (C=O) groups excluding carboxylic acids is 1. The highest BCUT2D eigenvalue weighted by atomic mass is 19.1. The SMILES string of the molecule is NC1CCC(NC(=O)c2ccc(F)cc2)CC1. The third-order valence-corrected chi connectivity index (χ3v) is 3.21. The lowest BCUT2D eigenvalue weighted by molar-refractivity contribution is 0.0926. The van der Waals surface area contributed by atoms with E-state index in [0.29, 0.717) is 5.56 Å². The Morgan fingerprint density at radius 1 is 1.18 bits per heavy atom. The summed E-state index contributed by atoms with van der Waals surface area (Å²) in [4.78, 5) is 11.8. The van der Waals surface area contributed by atoms with Gasteiger partial charge in [-0.1, -0.05) is 0 Å². The lowest BCUT2D eigenvalue weighted by atomic mass is 9.91. The number of amides is 1. The molecule has 1 amide bonds. The molecule has 2 rings (SSSR count). The van der Waals surface area contributed by atoms with Gasteiger partial charge in [0.05, 0.1) is 0 Å². The largest absolute Gasteiger partial charge is 0.349 e. The van der Waals surface area contributed by atoms with Gasteiger partial charge in [-0.15, -0.1) is 0 Å². The maximum atomic E-state index is 12.7. The Hall–Kier alpha value is -1.42. The standard InChI is InChI=1S/C13H17FN2O/c14-10-3-1-9(2-4-10)13(17)16-12-7-5-11(15)6-8-12/h1-4,11-12H,5-8,15H2,(H,16,17). The Balaban J connectivity index is 1.91. The first-order valence-electron chi connectivity index (χ1n) is 5.97. The monoisotopic (exact) mass is 236 g/mol. The average Bonchev–Trinajstić information content (AvgIpc) is 2.33. The van der Waals surface area contributed by atoms with Crippen LogP contribution >= 0.6 is 0 Å². The number of rotatable bonds is 2. The van der Waals surface area contributed by atoms with Crippen LogP contribution in [0, 0.1) is 5.82 Å². The summed E-state index contributed by atoms with van der Waals surface area (Å²) >= 11 is 0. The lowest BCUT2D eigenvalue weighted by Gasteiger charge is -2.26. The van der Waals surface area contributed by atoms with E-state index < -0.39 is 0 Å². The maximum Gasteiger partial charge on any atom is 0.251 e. The quantitative estimate of drug-likeness (QED) is 0.823. The summed E-state index contributed by atoms with van der Waals surface area (Å²) in [6, 6.07) is 6.07. The van der Waals surface area contributed by atoms with Crippen molar-refractivity contribution in [1.29, 1.82) is 0 Å². The van der Waals surface area contributed by atoms with Crippen LogP contribution in [0.25, 0.3) is 0 Å². The second kappa shape index (κ2) is 5.27. The number of hydrogen-bond acceptors (Lipinski definition) is 2. The van der Waals surface area contributed by atoms with Crippen LogP contribution in [0.4, 0.5) is 4.39 Å². The number of carbonyl (C=O) groups is 1. The Bertz CT molecular complexity index is 383. The topological polar surface area (TPSA) is 55.1 Å². The van der Waals surface area contributed by atoms with Crippen molar-refractivity contribution < 1.29 is 9.18 Å². The first-order chi connectivity index (χ1) is 8.15. The van der Waals surface area contributed by atoms with Gasteiger partial charge in [0, 0.05) is 17.6 Å². The molecule has 0 unspecified atom stereocenters. The minimum absolute atomic E-state index is 0.134. The number of nitrogens with one attached hydrogen (secondary N) is 1. The molecule has 1 aliphatic rings. The summed E-state index contributed by atoms with van der Waals surface area (Å²) in [6.45, 7) is 0. The molecule has 3 nitrogen and oxygen atoms in total. The van der Waals surface area contributed by atoms with Crippen molar-refractivity contribution in [3.63, 3.8) is 0 Å². The molecule has 0 aliphatic heterocycles. The summed E-state index contributed by atoms with van der Waals surface area (Å²) in [6.07, 6.45) is 3.75. The van der Waals surface area contributed by atoms with E-state index >= 15 is 0 Å². The summed E-state index contributed by atoms with van der Waals surface area (Å²) in [5, 5.41) is 2.96. The molecule has 0 bridgehead atoms. The van der Waals surface area contributed by atoms with E-state index in [1.165, 1.54) is 24.3 Å². The molecule has 0 heterocycles. The van der Waals surface area contributed by atoms with Crippen molar-refractivity contribution in [3.8, 4) is 0 Å². The maximum absolute atomic E-state index is 12.7. The van der Waals surface area contributed by atoms with Crippen LogP contribution in [0.5, 0.6) is 0 Å². The number of hydrogen-bond donors (Lipinski definition) is 2. The van der Waals surface area contributed by atoms with E-state index in [0.717, 1.165) is 25.7 Å². The van der Waals surface area contributed by atoms with Crippen LogP contribution < -0.4 is 11.1 Å². The fraction of sp³-hybridized carbons (Fsp3) is 0.462. The second-order valence-corrected chi connectivity index (χ2v) is 4.59. The second-order valence-electron chi connectivity index (χ2n) is 4.59. The van der Waals surface area contributed by atoms with Gasteiger partial charge < -0.3 is 11.1 Å². The van der Waals surface area contributed by atoms with Crippen LogP contribution in [-0.4, -0.2) is 18.0 Å². The van der Waals surface area contributed by atoms with E-state index in [1.807, 2.05) is 0 Å². The Labute approximate surface area is 100 Å². The summed E-state index contributed by atoms with van der Waals surface area (Å²) in [7, 11) is 0. The van der Waals surface area contributed by atoms with Crippen molar-refractivity contribution in [2.24, 2.45) is 5.73 Å². The summed E-state index contributed by atoms with van der Waals surface area (Å²) in [5.74, 6) is -0.462. The highest BCUT2D eigenvalue weighted by Crippen LogP contribution is 2.17. The number of halogens is 1. The zero-order chi connectivity index (χ0) is 12.3. The lowest BCUT2D eigenvalue weighted by Crippen LogP contribution is -2.40. The molecule has 1 aliphatic carbocycles. The highest BCUT2D eigenvalue weighted by Gasteiger charge is 2.20. The van der Waals surface area contributed by atoms with E-state index in [9.17, 15) is 9.18 Å². The number of benzene rings is 1. The average molecular weight is 236 g/mol. The van der Waals surface area contributed by atoms with E-state index in [-0.39, 0.29) is 23.8 Å². The molecule has 0 saturated heterocycles. The molecule has 1 fully saturated rings. The predicted molar refractivity (Wildman–Crippen MR) is 64.1 cm³/mol. The molecule has 4 heteroatoms. The molecule has 92 valence electrons. The van der Waals surface area contributed by atoms with Crippen molar-refractivity contribution in [3.05, 3.63) is 35.6 Å². The van der Waals surface area contributed by atoms with Crippen LogP contribution in [0.3, 0.4) is 0 Å². The molecule has 1 aromatic carbocycles. The molecule has 0 aromatic heterocycles. The van der Waals surface area contributed by atoms with Gasteiger partial charge in [0.1, 0.15) is 5.82 Å². The van der Waals surface area contributed by atoms with E-state index in [1.54, 1.807) is 0 Å². The fourth-order valence-electron chi connectivity index (χ4n) is 2.13. The van der Waals surface area contributed by atoms with Gasteiger partial charge in [0.25, 0.3) is 5.91 Å². The molecule has 0 radical (unpaired) electrons. The highest BCUT2D eigenvalue weighted by molar-refractivity contribution is 5.94. The molecule has 1 saturated carbocycles. The third kappa shape index (κ3) is 3.27. The predicted octanol–water partition coefficient (Wildman–Crippen LogP) is 1.83. The van der Waals surface area contributed by atoms with Gasteiger partial charge in [0.15, 0.2) is 0 Å². The molecular weight excluding hydrogens is 219 g/mol. The van der Waals surface area contributed by atoms with Gasteiger partial charge in [-0.25, -0.2) is 4.39 Å². The van der Waals surface area contributed by atoms with E-state index in [2.05, 4.69) is 5.32 Å². The van der Waals surface area contributed by atoms with Gasteiger partial charge >= 0.3 is 0 Å².